The third-order valence-corrected chi connectivity index (χ3v) is 15.0. The molecule has 5 N–H and O–H groups in total. The van der Waals surface area contributed by atoms with Gasteiger partial charge in [0.2, 0.25) is 20.0 Å². The van der Waals surface area contributed by atoms with Gasteiger partial charge in [-0.15, -0.1) is 0 Å². The van der Waals surface area contributed by atoms with E-state index in [9.17, 15) is 21.9 Å². The monoisotopic (exact) mass is 1140 g/mol. The van der Waals surface area contributed by atoms with Gasteiger partial charge >= 0.3 is 0 Å². The lowest BCUT2D eigenvalue weighted by Crippen LogP contribution is -2.11. The maximum absolute atomic E-state index is 12.2. The molecule has 0 bridgehead atoms. The van der Waals surface area contributed by atoms with E-state index >= 15 is 0 Å². The van der Waals surface area contributed by atoms with Gasteiger partial charge in [-0.1, -0.05) is 70.1 Å². The largest absolute Gasteiger partial charge is 0.508 e. The average Bonchev–Trinajstić information content (AvgIpc) is 2.66. The number of phenolic OH excluding ortho intramolecular Hbond substituents is 1. The van der Waals surface area contributed by atoms with Crippen LogP contribution >= 0.6 is 0 Å². The van der Waals surface area contributed by atoms with E-state index in [1.165, 1.54) is 0 Å². The number of benzene rings is 6. The molecule has 6 heterocycles. The molecule has 12 aromatic rings. The minimum Gasteiger partial charge on any atom is -0.508 e. The fourth-order valence-corrected chi connectivity index (χ4v) is 11.5. The Morgan fingerprint density at radius 2 is 0.756 bits per heavy atom. The summed E-state index contributed by atoms with van der Waals surface area (Å²) in [5, 5.41) is 24.4. The number of rotatable bonds is 12. The molecule has 420 valence electrons. The third kappa shape index (κ3) is 10.6. The Morgan fingerprint density at radius 1 is 0.451 bits per heavy atom. The maximum atomic E-state index is 12.2. The molecule has 82 heavy (non-hydrogen) atoms. The molecule has 12 rings (SSSR count). The molecule has 19 nitrogen and oxygen atoms in total. The van der Waals surface area contributed by atoms with Crippen LogP contribution in [-0.2, 0) is 20.0 Å². The number of anilines is 3. The SMILES string of the molecule is COc1ccc(-n2c(-c3c(C)noc3C)c(N)c3ccccc32)cc1.COc1ccc(-n2c(-c3c(C)noc3C)c(NS(C)(=O)=O)c3ccccc32)cc1.Cc1noc(C)c1-c1c(NS(C)(=O)=O)c2ccccc2n1-c1ccc(O)cc1. The van der Waals surface area contributed by atoms with Gasteiger partial charge in [-0.05, 0) is 133 Å². The van der Waals surface area contributed by atoms with Gasteiger partial charge in [0.05, 0.1) is 111 Å². The third-order valence-electron chi connectivity index (χ3n) is 13.8. The molecular weight excluding hydrogens is 1080 g/mol. The fraction of sp³-hybridized carbons (Fsp3) is 0.164. The molecule has 0 atom stereocenters. The first-order valence-corrected chi connectivity index (χ1v) is 29.5. The zero-order valence-corrected chi connectivity index (χ0v) is 48.2. The molecule has 0 aliphatic carbocycles. The Kier molecular flexibility index (Phi) is 15.0. The summed E-state index contributed by atoms with van der Waals surface area (Å²) < 4.78 is 86.8. The summed E-state index contributed by atoms with van der Waals surface area (Å²) in [7, 11) is -3.78. The minimum absolute atomic E-state index is 0.147. The van der Waals surface area contributed by atoms with Crippen molar-refractivity contribution in [2.75, 3.05) is 41.9 Å². The van der Waals surface area contributed by atoms with Crippen molar-refractivity contribution >= 4 is 69.8 Å². The van der Waals surface area contributed by atoms with Crippen LogP contribution in [0.2, 0.25) is 0 Å². The van der Waals surface area contributed by atoms with Crippen molar-refractivity contribution in [3.63, 3.8) is 0 Å². The Morgan fingerprint density at radius 3 is 1.09 bits per heavy atom. The van der Waals surface area contributed by atoms with Crippen LogP contribution in [0.15, 0.2) is 159 Å². The molecule has 0 aliphatic heterocycles. The molecule has 0 saturated heterocycles. The van der Waals surface area contributed by atoms with E-state index in [4.69, 9.17) is 28.8 Å². The van der Waals surface area contributed by atoms with Crippen LogP contribution < -0.4 is 24.7 Å². The summed E-state index contributed by atoms with van der Waals surface area (Å²) in [6.45, 7) is 11.1. The lowest BCUT2D eigenvalue weighted by atomic mass is 10.1. The smallest absolute Gasteiger partial charge is 0.229 e. The van der Waals surface area contributed by atoms with E-state index in [0.717, 1.165) is 113 Å². The van der Waals surface area contributed by atoms with Crippen LogP contribution in [0.4, 0.5) is 17.1 Å². The summed E-state index contributed by atoms with van der Waals surface area (Å²) >= 11 is 0. The van der Waals surface area contributed by atoms with Crippen molar-refractivity contribution in [3.05, 3.63) is 180 Å². The summed E-state index contributed by atoms with van der Waals surface area (Å²) in [5.41, 5.74) is 20.3. The van der Waals surface area contributed by atoms with E-state index in [2.05, 4.69) is 35.5 Å². The highest BCUT2D eigenvalue weighted by atomic mass is 32.2. The number of aromatic hydroxyl groups is 1. The van der Waals surface area contributed by atoms with E-state index in [1.807, 2.05) is 159 Å². The van der Waals surface area contributed by atoms with Gasteiger partial charge in [0.25, 0.3) is 0 Å². The van der Waals surface area contributed by atoms with Crippen LogP contribution in [0.1, 0.15) is 34.4 Å². The highest BCUT2D eigenvalue weighted by molar-refractivity contribution is 7.92. The topological polar surface area (TPSA) is 250 Å². The normalized spacial score (nSPS) is 11.6. The van der Waals surface area contributed by atoms with Gasteiger partial charge in [0.15, 0.2) is 0 Å². The molecule has 0 saturated carbocycles. The van der Waals surface area contributed by atoms with Crippen molar-refractivity contribution in [1.82, 2.24) is 29.2 Å². The number of phenols is 1. The molecule has 0 unspecified atom stereocenters. The number of sulfonamides is 2. The van der Waals surface area contributed by atoms with Crippen molar-refractivity contribution in [2.45, 2.75) is 41.5 Å². The molecule has 0 amide bonds. The van der Waals surface area contributed by atoms with Crippen molar-refractivity contribution < 1.29 is 45.0 Å². The molecule has 6 aromatic carbocycles. The number of ether oxygens (including phenoxy) is 2. The predicted molar refractivity (Wildman–Crippen MR) is 321 cm³/mol. The summed E-state index contributed by atoms with van der Waals surface area (Å²) in [6, 6.07) is 45.5. The Balaban J connectivity index is 0.000000138. The summed E-state index contributed by atoms with van der Waals surface area (Å²) in [6.07, 6.45) is 2.26. The van der Waals surface area contributed by atoms with Crippen molar-refractivity contribution in [1.29, 1.82) is 0 Å². The number of para-hydroxylation sites is 3. The molecule has 21 heteroatoms. The van der Waals surface area contributed by atoms with E-state index < -0.39 is 20.0 Å². The number of nitrogens with one attached hydrogen (secondary N) is 2. The minimum atomic E-state index is -3.54. The Labute approximate surface area is 473 Å². The zero-order valence-electron chi connectivity index (χ0n) is 46.6. The van der Waals surface area contributed by atoms with Crippen LogP contribution in [0.25, 0.3) is 83.5 Å². The molecule has 0 aliphatic rings. The predicted octanol–water partition coefficient (Wildman–Crippen LogP) is 12.8. The Bertz CT molecular complexity index is 4510. The second-order valence-corrected chi connectivity index (χ2v) is 23.0. The number of aromatic nitrogens is 6. The van der Waals surface area contributed by atoms with Gasteiger partial charge in [-0.3, -0.25) is 9.44 Å². The first-order chi connectivity index (χ1) is 39.2. The molecule has 6 aromatic heterocycles. The van der Waals surface area contributed by atoms with E-state index in [1.54, 1.807) is 45.4 Å². The molecule has 0 spiro atoms. The lowest BCUT2D eigenvalue weighted by molar-refractivity contribution is 0.393. The van der Waals surface area contributed by atoms with Crippen molar-refractivity contribution in [2.24, 2.45) is 0 Å². The van der Waals surface area contributed by atoms with Crippen LogP contribution in [-0.4, -0.2) is 77.8 Å². The number of nitrogens with zero attached hydrogens (tertiary/aromatic N) is 6. The van der Waals surface area contributed by atoms with Gasteiger partial charge < -0.3 is 47.6 Å². The second kappa shape index (κ2) is 22.1. The molecule has 0 radical (unpaired) electrons. The van der Waals surface area contributed by atoms with Gasteiger partial charge in [0, 0.05) is 33.2 Å². The van der Waals surface area contributed by atoms with Crippen molar-refractivity contribution in [3.8, 4) is 68.1 Å². The van der Waals surface area contributed by atoms with Gasteiger partial charge in [-0.2, -0.15) is 0 Å². The average molecular weight is 1140 g/mol. The standard InChI is InChI=1S/C21H21N3O4S.C20H19N3O4S.C20H19N3O2/c1-13-19(14(2)28-22-13)21-20(23-29(4,25)26)17-7-5-6-8-18(17)24(21)15-9-11-16(27-3)12-10-15;1-12-18(13(2)27-21-12)20-19(22-28(3,25)26)16-6-4-5-7-17(16)23(20)14-8-10-15(24)11-9-14;1-12-18(13(2)25-22-12)20-19(21)16-6-4-5-7-17(16)23(20)14-8-10-15(24-3)11-9-14/h5-12,23H,1-4H3;4-11,22,24H,1-3H3;4-11H,21H2,1-3H3. The Hall–Kier alpha value is -9.73. The second-order valence-electron chi connectivity index (χ2n) is 19.5. The first-order valence-electron chi connectivity index (χ1n) is 25.7. The maximum Gasteiger partial charge on any atom is 0.229 e. The lowest BCUT2D eigenvalue weighted by Gasteiger charge is -2.13. The van der Waals surface area contributed by atoms with Crippen LogP contribution in [0.5, 0.6) is 17.2 Å². The highest BCUT2D eigenvalue weighted by Crippen LogP contribution is 2.46. The molecular formula is C61H59N9O10S2. The number of hydrogen-bond donors (Lipinski definition) is 4. The summed E-state index contributed by atoms with van der Waals surface area (Å²) in [4.78, 5) is 0. The highest BCUT2D eigenvalue weighted by Gasteiger charge is 2.29. The van der Waals surface area contributed by atoms with E-state index in [0.29, 0.717) is 45.7 Å². The zero-order chi connectivity index (χ0) is 58.4. The number of fused-ring (bicyclic) bond motifs is 3. The van der Waals surface area contributed by atoms with Crippen LogP contribution in [0, 0.1) is 41.5 Å². The number of nitrogen functional groups attached to an aromatic ring is 1. The van der Waals surface area contributed by atoms with Crippen LogP contribution in [0.3, 0.4) is 0 Å². The first kappa shape index (κ1) is 55.6. The number of methoxy groups -OCH3 is 2. The van der Waals surface area contributed by atoms with Gasteiger partial charge in [0.1, 0.15) is 34.5 Å². The van der Waals surface area contributed by atoms with Gasteiger partial charge in [-0.25, -0.2) is 16.8 Å². The fourth-order valence-electron chi connectivity index (χ4n) is 10.4. The number of aryl methyl sites for hydroxylation is 6. The number of nitrogens with two attached hydrogens (primary N) is 1. The summed E-state index contributed by atoms with van der Waals surface area (Å²) in [5.74, 6) is 3.63. The van der Waals surface area contributed by atoms with E-state index in [-0.39, 0.29) is 5.75 Å². The molecule has 0 fully saturated rings. The number of hydrogen-bond acceptors (Lipinski definition) is 14. The quantitative estimate of drug-likeness (QED) is 0.0888.